The van der Waals surface area contributed by atoms with Gasteiger partial charge >= 0.3 is 0 Å². The number of rotatable bonds is 9. The fourth-order valence-electron chi connectivity index (χ4n) is 1.25. The number of nitrogens with two attached hydrogens (primary N) is 1. The maximum absolute atomic E-state index is 11.5. The normalized spacial score (nSPS) is 13.3. The van der Waals surface area contributed by atoms with Crippen LogP contribution in [0.3, 0.4) is 0 Å². The lowest BCUT2D eigenvalue weighted by atomic mass is 10.1. The molecule has 0 aromatic heterocycles. The third kappa shape index (κ3) is 7.71. The molecule has 9 nitrogen and oxygen atoms in total. The second kappa shape index (κ2) is 8.03. The van der Waals surface area contributed by atoms with Crippen molar-refractivity contribution in [3.63, 3.8) is 0 Å². The van der Waals surface area contributed by atoms with Crippen LogP contribution in [0.1, 0.15) is 25.7 Å². The minimum atomic E-state index is -1.60. The molecule has 0 radical (unpaired) electrons. The molecule has 0 unspecified atom stereocenters. The molecule has 2 amide bonds. The van der Waals surface area contributed by atoms with Crippen LogP contribution in [-0.2, 0) is 19.2 Å². The Labute approximate surface area is 108 Å². The summed E-state index contributed by atoms with van der Waals surface area (Å²) >= 11 is 0. The Morgan fingerprint density at radius 2 is 1.68 bits per heavy atom. The van der Waals surface area contributed by atoms with Crippen molar-refractivity contribution in [3.05, 3.63) is 0 Å². The molecule has 9 heteroatoms. The van der Waals surface area contributed by atoms with E-state index in [1.54, 1.807) is 0 Å². The summed E-state index contributed by atoms with van der Waals surface area (Å²) < 4.78 is 0. The van der Waals surface area contributed by atoms with E-state index in [0.29, 0.717) is 0 Å². The maximum atomic E-state index is 11.5. The molecule has 0 rings (SSSR count). The number of carboxylic acids is 2. The van der Waals surface area contributed by atoms with Crippen LogP contribution in [0.2, 0.25) is 0 Å². The molecule has 0 spiro atoms. The molecule has 0 aromatic rings. The van der Waals surface area contributed by atoms with Crippen LogP contribution in [0.25, 0.3) is 0 Å². The fraction of sp³-hybridized carbons (Fsp3) is 0.600. The van der Waals surface area contributed by atoms with E-state index in [0.717, 1.165) is 0 Å². The number of carboxylic acid groups (broad SMARTS) is 2. The third-order valence-electron chi connectivity index (χ3n) is 2.35. The maximum Gasteiger partial charge on any atom is 0.278 e. The molecule has 0 aromatic carbocycles. The SMILES string of the molecule is NC(=O)CC[C@H]([NH3+])C(=O)N[C@@H](CCC(=O)[O-])C(=O)[O-]. The van der Waals surface area contributed by atoms with Gasteiger partial charge in [-0.3, -0.25) is 9.59 Å². The summed E-state index contributed by atoms with van der Waals surface area (Å²) in [6, 6.07) is -2.31. The van der Waals surface area contributed by atoms with Gasteiger partial charge in [0, 0.05) is 18.8 Å². The molecule has 0 aliphatic carbocycles. The molecular formula is C10H16N3O6-. The molecule has 6 N–H and O–H groups in total. The van der Waals surface area contributed by atoms with Crippen LogP contribution in [0, 0.1) is 0 Å². The first-order valence-electron chi connectivity index (χ1n) is 5.56. The molecule has 0 fully saturated rings. The lowest BCUT2D eigenvalue weighted by Crippen LogP contribution is -2.69. The van der Waals surface area contributed by atoms with Crippen molar-refractivity contribution < 1.29 is 35.1 Å². The van der Waals surface area contributed by atoms with Crippen molar-refractivity contribution in [2.75, 3.05) is 0 Å². The van der Waals surface area contributed by atoms with E-state index in [1.165, 1.54) is 0 Å². The minimum absolute atomic E-state index is 0.0589. The minimum Gasteiger partial charge on any atom is -0.550 e. The average molecular weight is 274 g/mol. The number of nitrogens with one attached hydrogen (secondary N) is 1. The number of hydrogen-bond acceptors (Lipinski definition) is 6. The highest BCUT2D eigenvalue weighted by Crippen LogP contribution is 1.98. The van der Waals surface area contributed by atoms with Gasteiger partial charge in [-0.1, -0.05) is 0 Å². The van der Waals surface area contributed by atoms with Crippen molar-refractivity contribution in [1.29, 1.82) is 0 Å². The van der Waals surface area contributed by atoms with E-state index < -0.39 is 42.3 Å². The molecule has 0 aliphatic heterocycles. The molecule has 19 heavy (non-hydrogen) atoms. The first-order valence-corrected chi connectivity index (χ1v) is 5.56. The summed E-state index contributed by atoms with van der Waals surface area (Å²) in [6.07, 6.45) is -0.862. The molecular weight excluding hydrogens is 258 g/mol. The quantitative estimate of drug-likeness (QED) is 0.377. The van der Waals surface area contributed by atoms with Crippen LogP contribution >= 0.6 is 0 Å². The van der Waals surface area contributed by atoms with Crippen LogP contribution in [0.4, 0.5) is 0 Å². The zero-order valence-corrected chi connectivity index (χ0v) is 10.2. The van der Waals surface area contributed by atoms with Gasteiger partial charge in [-0.25, -0.2) is 0 Å². The van der Waals surface area contributed by atoms with Crippen molar-refractivity contribution in [2.45, 2.75) is 37.8 Å². The first kappa shape index (κ1) is 16.8. The fourth-order valence-corrected chi connectivity index (χ4v) is 1.25. The topological polar surface area (TPSA) is 180 Å². The van der Waals surface area contributed by atoms with Crippen molar-refractivity contribution >= 4 is 23.8 Å². The number of carbonyl (C=O) groups is 4. The number of hydrogen-bond donors (Lipinski definition) is 3. The van der Waals surface area contributed by atoms with Gasteiger partial charge in [0.15, 0.2) is 6.04 Å². The van der Waals surface area contributed by atoms with E-state index in [9.17, 15) is 29.4 Å². The van der Waals surface area contributed by atoms with E-state index in [-0.39, 0.29) is 19.3 Å². The molecule has 2 atom stereocenters. The van der Waals surface area contributed by atoms with E-state index in [4.69, 9.17) is 5.73 Å². The summed E-state index contributed by atoms with van der Waals surface area (Å²) in [6.45, 7) is 0. The van der Waals surface area contributed by atoms with Gasteiger partial charge in [-0.15, -0.1) is 0 Å². The van der Waals surface area contributed by atoms with Gasteiger partial charge in [-0.05, 0) is 12.8 Å². The summed E-state index contributed by atoms with van der Waals surface area (Å²) in [4.78, 5) is 43.0. The molecule has 108 valence electrons. The van der Waals surface area contributed by atoms with Gasteiger partial charge in [0.25, 0.3) is 5.91 Å². The van der Waals surface area contributed by atoms with Crippen molar-refractivity contribution in [1.82, 2.24) is 5.32 Å². The Balaban J connectivity index is 4.33. The van der Waals surface area contributed by atoms with Gasteiger partial charge in [0.1, 0.15) is 0 Å². The Kier molecular flexibility index (Phi) is 7.12. The predicted molar refractivity (Wildman–Crippen MR) is 56.3 cm³/mol. The van der Waals surface area contributed by atoms with Crippen LogP contribution < -0.4 is 27.0 Å². The number of aliphatic carboxylic acids is 2. The van der Waals surface area contributed by atoms with Gasteiger partial charge < -0.3 is 36.6 Å². The molecule has 0 heterocycles. The number of primary amides is 1. The Bertz CT molecular complexity index is 370. The number of quaternary nitrogens is 1. The average Bonchev–Trinajstić information content (AvgIpc) is 2.30. The predicted octanol–water partition coefficient (Wildman–Crippen LogP) is -5.37. The largest absolute Gasteiger partial charge is 0.550 e. The second-order valence-corrected chi connectivity index (χ2v) is 3.99. The third-order valence-corrected chi connectivity index (χ3v) is 2.35. The lowest BCUT2D eigenvalue weighted by Gasteiger charge is -2.20. The molecule has 0 bridgehead atoms. The summed E-state index contributed by atoms with van der Waals surface area (Å²) in [5.74, 6) is -4.35. The second-order valence-electron chi connectivity index (χ2n) is 3.99. The zero-order chi connectivity index (χ0) is 15.0. The van der Waals surface area contributed by atoms with Crippen LogP contribution in [-0.4, -0.2) is 35.8 Å². The Hall–Kier alpha value is -2.16. The van der Waals surface area contributed by atoms with Gasteiger partial charge in [0.2, 0.25) is 5.91 Å². The standard InChI is InChI=1S/C10H17N3O6/c11-5(1-3-7(12)14)9(17)13-6(10(18)19)2-4-8(15)16/h5-6H,1-4,11H2,(H2,12,14)(H,13,17)(H,15,16)(H,18,19)/p-1/t5-,6-/m0/s1. The smallest absolute Gasteiger partial charge is 0.278 e. The molecule has 0 saturated heterocycles. The van der Waals surface area contributed by atoms with E-state index in [2.05, 4.69) is 11.1 Å². The summed E-state index contributed by atoms with van der Waals surface area (Å²) in [5, 5.41) is 23.0. The molecule has 0 saturated carbocycles. The first-order chi connectivity index (χ1) is 8.73. The highest BCUT2D eigenvalue weighted by atomic mass is 16.4. The van der Waals surface area contributed by atoms with Gasteiger partial charge in [-0.2, -0.15) is 0 Å². The summed E-state index contributed by atoms with van der Waals surface area (Å²) in [5.41, 5.74) is 8.35. The number of carbonyl (C=O) groups excluding carboxylic acids is 4. The highest BCUT2D eigenvalue weighted by Gasteiger charge is 2.21. The highest BCUT2D eigenvalue weighted by molar-refractivity contribution is 5.86. The van der Waals surface area contributed by atoms with E-state index >= 15 is 0 Å². The zero-order valence-electron chi connectivity index (χ0n) is 10.2. The van der Waals surface area contributed by atoms with Crippen molar-refractivity contribution in [3.8, 4) is 0 Å². The Morgan fingerprint density at radius 1 is 1.11 bits per heavy atom. The Morgan fingerprint density at radius 3 is 2.11 bits per heavy atom. The van der Waals surface area contributed by atoms with E-state index in [1.807, 2.05) is 0 Å². The number of amides is 2. The van der Waals surface area contributed by atoms with Crippen LogP contribution in [0.15, 0.2) is 0 Å². The van der Waals surface area contributed by atoms with Gasteiger partial charge in [0.05, 0.1) is 12.0 Å². The summed E-state index contributed by atoms with van der Waals surface area (Å²) in [7, 11) is 0. The lowest BCUT2D eigenvalue weighted by molar-refractivity contribution is -0.405. The molecule has 0 aliphatic rings. The van der Waals surface area contributed by atoms with Crippen molar-refractivity contribution in [2.24, 2.45) is 5.73 Å². The monoisotopic (exact) mass is 274 g/mol. The van der Waals surface area contributed by atoms with Crippen LogP contribution in [0.5, 0.6) is 0 Å².